The summed E-state index contributed by atoms with van der Waals surface area (Å²) in [6.45, 7) is 7.15. The van der Waals surface area contributed by atoms with Gasteiger partial charge in [0.25, 0.3) is 0 Å². The van der Waals surface area contributed by atoms with Gasteiger partial charge in [-0.15, -0.1) is 0 Å². The lowest BCUT2D eigenvalue weighted by Crippen LogP contribution is -2.13. The molecular formula is C14H16O4. The normalized spacial score (nSPS) is 9.67. The Morgan fingerprint density at radius 1 is 1.11 bits per heavy atom. The second kappa shape index (κ2) is 6.59. The van der Waals surface area contributed by atoms with Gasteiger partial charge in [0.05, 0.1) is 5.56 Å². The maximum atomic E-state index is 11.7. The summed E-state index contributed by atoms with van der Waals surface area (Å²) in [7, 11) is 0. The second-order valence-electron chi connectivity index (χ2n) is 3.88. The van der Waals surface area contributed by atoms with E-state index in [1.165, 1.54) is 0 Å². The van der Waals surface area contributed by atoms with Crippen LogP contribution in [0.1, 0.15) is 21.5 Å². The van der Waals surface area contributed by atoms with Crippen LogP contribution < -0.4 is 0 Å². The minimum Gasteiger partial charge on any atom is -0.459 e. The molecule has 96 valence electrons. The number of benzene rings is 1. The van der Waals surface area contributed by atoms with E-state index in [1.54, 1.807) is 12.1 Å². The Kier molecular flexibility index (Phi) is 5.11. The quantitative estimate of drug-likeness (QED) is 0.455. The predicted molar refractivity (Wildman–Crippen MR) is 67.4 cm³/mol. The molecule has 0 bridgehead atoms. The molecule has 0 saturated heterocycles. The van der Waals surface area contributed by atoms with E-state index in [9.17, 15) is 9.59 Å². The standard InChI is InChI=1S/C14H16O4/c1-4-13(15)17-5-6-18-14(16)12-8-10(2)7-11(3)9-12/h4,7-9H,1,5-6H2,2-3H3. The molecule has 0 atom stereocenters. The number of hydrogen-bond acceptors (Lipinski definition) is 4. The summed E-state index contributed by atoms with van der Waals surface area (Å²) in [4.78, 5) is 22.4. The molecular weight excluding hydrogens is 232 g/mol. The Morgan fingerprint density at radius 2 is 1.67 bits per heavy atom. The zero-order chi connectivity index (χ0) is 13.5. The highest BCUT2D eigenvalue weighted by atomic mass is 16.6. The van der Waals surface area contributed by atoms with E-state index < -0.39 is 11.9 Å². The summed E-state index contributed by atoms with van der Waals surface area (Å²) in [5.74, 6) is -0.950. The number of hydrogen-bond donors (Lipinski definition) is 0. The van der Waals surface area contributed by atoms with Crippen LogP contribution in [0.4, 0.5) is 0 Å². The molecule has 1 aromatic carbocycles. The fraction of sp³-hybridized carbons (Fsp3) is 0.286. The lowest BCUT2D eigenvalue weighted by molar-refractivity contribution is -0.138. The average molecular weight is 248 g/mol. The van der Waals surface area contributed by atoms with Gasteiger partial charge in [-0.1, -0.05) is 23.8 Å². The van der Waals surface area contributed by atoms with E-state index in [-0.39, 0.29) is 13.2 Å². The van der Waals surface area contributed by atoms with Crippen LogP contribution in [0.5, 0.6) is 0 Å². The summed E-state index contributed by atoms with van der Waals surface area (Å²) in [6.07, 6.45) is 1.06. The van der Waals surface area contributed by atoms with Crippen molar-refractivity contribution in [2.24, 2.45) is 0 Å². The Labute approximate surface area is 106 Å². The minimum absolute atomic E-state index is 0.0292. The molecule has 0 fully saturated rings. The van der Waals surface area contributed by atoms with Crippen molar-refractivity contribution in [3.63, 3.8) is 0 Å². The van der Waals surface area contributed by atoms with Crippen LogP contribution in [-0.2, 0) is 14.3 Å². The highest BCUT2D eigenvalue weighted by Gasteiger charge is 2.08. The third-order valence-corrected chi connectivity index (χ3v) is 2.18. The van der Waals surface area contributed by atoms with Crippen molar-refractivity contribution in [1.29, 1.82) is 0 Å². The zero-order valence-corrected chi connectivity index (χ0v) is 10.6. The molecule has 4 heteroatoms. The fourth-order valence-corrected chi connectivity index (χ4v) is 1.51. The first-order valence-corrected chi connectivity index (χ1v) is 5.57. The van der Waals surface area contributed by atoms with Crippen molar-refractivity contribution in [2.45, 2.75) is 13.8 Å². The first-order chi connectivity index (χ1) is 8.52. The molecule has 0 aromatic heterocycles. The van der Waals surface area contributed by atoms with Gasteiger partial charge in [0, 0.05) is 6.08 Å². The Bertz CT molecular complexity index is 443. The predicted octanol–water partition coefficient (Wildman–Crippen LogP) is 2.19. The van der Waals surface area contributed by atoms with Gasteiger partial charge in [0.1, 0.15) is 13.2 Å². The number of carbonyl (C=O) groups excluding carboxylic acids is 2. The van der Waals surface area contributed by atoms with E-state index in [4.69, 9.17) is 9.47 Å². The summed E-state index contributed by atoms with van der Waals surface area (Å²) in [6, 6.07) is 5.48. The largest absolute Gasteiger partial charge is 0.459 e. The van der Waals surface area contributed by atoms with Crippen molar-refractivity contribution >= 4 is 11.9 Å². The van der Waals surface area contributed by atoms with E-state index >= 15 is 0 Å². The lowest BCUT2D eigenvalue weighted by Gasteiger charge is -2.06. The Morgan fingerprint density at radius 3 is 2.22 bits per heavy atom. The van der Waals surface area contributed by atoms with Crippen LogP contribution in [0, 0.1) is 13.8 Å². The highest BCUT2D eigenvalue weighted by Crippen LogP contribution is 2.09. The van der Waals surface area contributed by atoms with Crippen LogP contribution in [-0.4, -0.2) is 25.2 Å². The summed E-state index contributed by atoms with van der Waals surface area (Å²) in [5.41, 5.74) is 2.50. The third kappa shape index (κ3) is 4.41. The molecule has 18 heavy (non-hydrogen) atoms. The Hall–Kier alpha value is -2.10. The Balaban J connectivity index is 2.45. The maximum Gasteiger partial charge on any atom is 0.338 e. The number of carbonyl (C=O) groups is 2. The van der Waals surface area contributed by atoms with Crippen LogP contribution in [0.25, 0.3) is 0 Å². The van der Waals surface area contributed by atoms with Gasteiger partial charge in [-0.2, -0.15) is 0 Å². The minimum atomic E-state index is -0.530. The molecule has 0 aliphatic rings. The van der Waals surface area contributed by atoms with Crippen molar-refractivity contribution in [3.8, 4) is 0 Å². The zero-order valence-electron chi connectivity index (χ0n) is 10.6. The summed E-state index contributed by atoms with van der Waals surface area (Å²) in [5, 5.41) is 0. The smallest absolute Gasteiger partial charge is 0.338 e. The van der Waals surface area contributed by atoms with E-state index in [1.807, 2.05) is 19.9 Å². The fourth-order valence-electron chi connectivity index (χ4n) is 1.51. The van der Waals surface area contributed by atoms with Gasteiger partial charge in [0.2, 0.25) is 0 Å². The van der Waals surface area contributed by atoms with Crippen molar-refractivity contribution in [3.05, 3.63) is 47.5 Å². The molecule has 0 unspecified atom stereocenters. The lowest BCUT2D eigenvalue weighted by atomic mass is 10.1. The molecule has 0 radical (unpaired) electrons. The molecule has 4 nitrogen and oxygen atoms in total. The third-order valence-electron chi connectivity index (χ3n) is 2.18. The average Bonchev–Trinajstić information content (AvgIpc) is 2.32. The first-order valence-electron chi connectivity index (χ1n) is 5.57. The molecule has 0 aliphatic heterocycles. The van der Waals surface area contributed by atoms with E-state index in [2.05, 4.69) is 6.58 Å². The molecule has 0 aliphatic carbocycles. The molecule has 1 rings (SSSR count). The van der Waals surface area contributed by atoms with E-state index in [0.29, 0.717) is 5.56 Å². The highest BCUT2D eigenvalue weighted by molar-refractivity contribution is 5.89. The maximum absolute atomic E-state index is 11.7. The molecule has 1 aromatic rings. The number of ether oxygens (including phenoxy) is 2. The number of rotatable bonds is 5. The molecule has 0 saturated carbocycles. The molecule has 0 spiro atoms. The summed E-state index contributed by atoms with van der Waals surface area (Å²) >= 11 is 0. The van der Waals surface area contributed by atoms with E-state index in [0.717, 1.165) is 17.2 Å². The second-order valence-corrected chi connectivity index (χ2v) is 3.88. The van der Waals surface area contributed by atoms with Crippen LogP contribution in [0.15, 0.2) is 30.9 Å². The van der Waals surface area contributed by atoms with Crippen LogP contribution in [0.3, 0.4) is 0 Å². The van der Waals surface area contributed by atoms with Crippen molar-refractivity contribution in [2.75, 3.05) is 13.2 Å². The number of esters is 2. The topological polar surface area (TPSA) is 52.6 Å². The molecule has 0 heterocycles. The van der Waals surface area contributed by atoms with Gasteiger partial charge in [0.15, 0.2) is 0 Å². The van der Waals surface area contributed by atoms with Crippen LogP contribution >= 0.6 is 0 Å². The van der Waals surface area contributed by atoms with Gasteiger partial charge < -0.3 is 9.47 Å². The van der Waals surface area contributed by atoms with Gasteiger partial charge in [-0.3, -0.25) is 0 Å². The molecule has 0 amide bonds. The first kappa shape index (κ1) is 14.0. The van der Waals surface area contributed by atoms with Crippen LogP contribution in [0.2, 0.25) is 0 Å². The SMILES string of the molecule is C=CC(=O)OCCOC(=O)c1cc(C)cc(C)c1. The van der Waals surface area contributed by atoms with Crippen molar-refractivity contribution in [1.82, 2.24) is 0 Å². The van der Waals surface area contributed by atoms with Gasteiger partial charge in [-0.05, 0) is 26.0 Å². The summed E-state index contributed by atoms with van der Waals surface area (Å²) < 4.78 is 9.67. The van der Waals surface area contributed by atoms with Gasteiger partial charge >= 0.3 is 11.9 Å². The molecule has 0 N–H and O–H groups in total. The number of aryl methyl sites for hydroxylation is 2. The monoisotopic (exact) mass is 248 g/mol. The van der Waals surface area contributed by atoms with Crippen molar-refractivity contribution < 1.29 is 19.1 Å². The van der Waals surface area contributed by atoms with Gasteiger partial charge in [-0.25, -0.2) is 9.59 Å².